The van der Waals surface area contributed by atoms with Gasteiger partial charge < -0.3 is 25.7 Å². The lowest BCUT2D eigenvalue weighted by Crippen LogP contribution is -2.53. The summed E-state index contributed by atoms with van der Waals surface area (Å²) in [6.07, 6.45) is 78.7. The van der Waals surface area contributed by atoms with Crippen molar-refractivity contribution in [3.05, 3.63) is 24.3 Å². The number of unbranched alkanes of at least 4 members (excludes halogenated alkanes) is 50. The van der Waals surface area contributed by atoms with Gasteiger partial charge >= 0.3 is 0 Å². The molecular weight excluding hydrogens is 911 g/mol. The maximum Gasteiger partial charge on any atom is 0.249 e. The summed E-state index contributed by atoms with van der Waals surface area (Å²) in [7, 11) is 0. The third-order valence-corrected chi connectivity index (χ3v) is 16.1. The molecule has 0 heterocycles. The van der Waals surface area contributed by atoms with E-state index in [9.17, 15) is 25.2 Å². The Bertz CT molecular complexity index is 1130. The zero-order valence-electron chi connectivity index (χ0n) is 50.1. The van der Waals surface area contributed by atoms with Gasteiger partial charge in [-0.3, -0.25) is 4.79 Å². The van der Waals surface area contributed by atoms with E-state index in [1.54, 1.807) is 0 Å². The number of amides is 1. The van der Waals surface area contributed by atoms with Crippen molar-refractivity contribution in [2.75, 3.05) is 6.61 Å². The number of carbonyl (C=O) groups excluding carboxylic acids is 1. The molecule has 4 atom stereocenters. The third-order valence-electron chi connectivity index (χ3n) is 16.1. The summed E-state index contributed by atoms with van der Waals surface area (Å²) >= 11 is 0. The van der Waals surface area contributed by atoms with E-state index < -0.39 is 36.9 Å². The predicted octanol–water partition coefficient (Wildman–Crippen LogP) is 20.5. The van der Waals surface area contributed by atoms with Gasteiger partial charge in [0.15, 0.2) is 0 Å². The fourth-order valence-corrected chi connectivity index (χ4v) is 10.9. The van der Waals surface area contributed by atoms with Crippen LogP contribution < -0.4 is 5.32 Å². The van der Waals surface area contributed by atoms with Crippen molar-refractivity contribution in [1.29, 1.82) is 0 Å². The SMILES string of the molecule is CCCCCCCCCCCCCCCCCCCCCCC/C=C/CC/C=C/CCCC(O)C(O)C(CO)NC(=O)C(O)CCCCCCCCCCCCCCCCCCCCCCCCCCCCCC. The minimum atomic E-state index is -1.29. The van der Waals surface area contributed by atoms with Crippen LogP contribution in [-0.4, -0.2) is 57.3 Å². The van der Waals surface area contributed by atoms with E-state index in [1.165, 1.54) is 302 Å². The average Bonchev–Trinajstić information content (AvgIpc) is 3.41. The monoisotopic (exact) mass is 1040 g/mol. The van der Waals surface area contributed by atoms with Crippen LogP contribution in [0.3, 0.4) is 0 Å². The first-order valence-corrected chi connectivity index (χ1v) is 33.7. The summed E-state index contributed by atoms with van der Waals surface area (Å²) in [5, 5.41) is 44.1. The highest BCUT2D eigenvalue weighted by Gasteiger charge is 2.28. The Labute approximate surface area is 463 Å². The summed E-state index contributed by atoms with van der Waals surface area (Å²) in [6, 6.07) is -1.01. The van der Waals surface area contributed by atoms with E-state index in [0.717, 1.165) is 38.5 Å². The van der Waals surface area contributed by atoms with Gasteiger partial charge in [0.25, 0.3) is 0 Å². The molecule has 0 saturated heterocycles. The van der Waals surface area contributed by atoms with Crippen molar-refractivity contribution >= 4 is 5.91 Å². The topological polar surface area (TPSA) is 110 Å². The van der Waals surface area contributed by atoms with Gasteiger partial charge in [0.1, 0.15) is 12.2 Å². The van der Waals surface area contributed by atoms with Gasteiger partial charge in [0, 0.05) is 0 Å². The van der Waals surface area contributed by atoms with Crippen molar-refractivity contribution in [1.82, 2.24) is 5.32 Å². The maximum absolute atomic E-state index is 12.6. The molecule has 6 heteroatoms. The fraction of sp³-hybridized carbons (Fsp3) is 0.926. The van der Waals surface area contributed by atoms with Crippen LogP contribution in [0.1, 0.15) is 373 Å². The minimum Gasteiger partial charge on any atom is -0.394 e. The second kappa shape index (κ2) is 62.6. The lowest BCUT2D eigenvalue weighted by molar-refractivity contribution is -0.132. The molecule has 0 bridgehead atoms. The van der Waals surface area contributed by atoms with Gasteiger partial charge in [0.2, 0.25) is 5.91 Å². The molecule has 0 aromatic rings. The van der Waals surface area contributed by atoms with Gasteiger partial charge in [-0.15, -0.1) is 0 Å². The van der Waals surface area contributed by atoms with Crippen LogP contribution >= 0.6 is 0 Å². The molecule has 0 spiro atoms. The molecule has 74 heavy (non-hydrogen) atoms. The Hall–Kier alpha value is -1.21. The summed E-state index contributed by atoms with van der Waals surface area (Å²) in [5.74, 6) is -0.590. The third kappa shape index (κ3) is 55.5. The highest BCUT2D eigenvalue weighted by Crippen LogP contribution is 2.19. The highest BCUT2D eigenvalue weighted by molar-refractivity contribution is 5.80. The second-order valence-corrected chi connectivity index (χ2v) is 23.5. The van der Waals surface area contributed by atoms with Crippen LogP contribution in [0.4, 0.5) is 0 Å². The van der Waals surface area contributed by atoms with E-state index >= 15 is 0 Å². The molecule has 0 aliphatic heterocycles. The first-order chi connectivity index (χ1) is 36.5. The zero-order chi connectivity index (χ0) is 53.7. The fourth-order valence-electron chi connectivity index (χ4n) is 10.9. The van der Waals surface area contributed by atoms with Crippen molar-refractivity contribution < 1.29 is 25.2 Å². The molecule has 0 fully saturated rings. The van der Waals surface area contributed by atoms with Crippen LogP contribution in [0.25, 0.3) is 0 Å². The second-order valence-electron chi connectivity index (χ2n) is 23.5. The average molecular weight is 1040 g/mol. The number of aliphatic hydroxyl groups is 4. The number of rotatable bonds is 63. The maximum atomic E-state index is 12.6. The number of aliphatic hydroxyl groups excluding tert-OH is 4. The van der Waals surface area contributed by atoms with Gasteiger partial charge in [-0.05, 0) is 51.4 Å². The lowest BCUT2D eigenvalue weighted by atomic mass is 10.00. The van der Waals surface area contributed by atoms with E-state index in [0.29, 0.717) is 19.3 Å². The van der Waals surface area contributed by atoms with E-state index in [1.807, 2.05) is 0 Å². The Morgan fingerprint density at radius 2 is 0.568 bits per heavy atom. The molecule has 0 aromatic heterocycles. The number of hydrogen-bond acceptors (Lipinski definition) is 5. The smallest absolute Gasteiger partial charge is 0.249 e. The zero-order valence-corrected chi connectivity index (χ0v) is 50.1. The Kier molecular flexibility index (Phi) is 61.6. The first kappa shape index (κ1) is 72.8. The molecule has 0 aromatic carbocycles. The molecular formula is C68H133NO5. The normalized spacial score (nSPS) is 13.6. The molecule has 1 amide bonds. The molecule has 0 aliphatic carbocycles. The molecule has 0 aliphatic rings. The van der Waals surface area contributed by atoms with E-state index in [4.69, 9.17) is 0 Å². The summed E-state index contributed by atoms with van der Waals surface area (Å²) in [6.45, 7) is 4.10. The number of hydrogen-bond donors (Lipinski definition) is 5. The van der Waals surface area contributed by atoms with Gasteiger partial charge in [-0.1, -0.05) is 346 Å². The number of allylic oxidation sites excluding steroid dienone is 4. The van der Waals surface area contributed by atoms with Crippen molar-refractivity contribution in [2.24, 2.45) is 0 Å². The largest absolute Gasteiger partial charge is 0.394 e. The van der Waals surface area contributed by atoms with Crippen LogP contribution in [-0.2, 0) is 4.79 Å². The van der Waals surface area contributed by atoms with Gasteiger partial charge in [0.05, 0.1) is 18.8 Å². The van der Waals surface area contributed by atoms with Crippen molar-refractivity contribution in [3.8, 4) is 0 Å². The Morgan fingerprint density at radius 3 is 0.851 bits per heavy atom. The number of carbonyl (C=O) groups is 1. The standard InChI is InChI=1S/C68H133NO5/c1-3-5-7-9-11-13-15-17-19-21-23-25-27-29-31-33-34-36-37-39-41-43-45-47-49-51-53-55-57-59-61-65(71)67(73)64(63-70)69-68(74)66(72)62-60-58-56-54-52-50-48-46-44-42-40-38-35-32-30-28-26-24-22-20-18-16-14-12-10-8-6-4-2/h45,47,53,55,64-67,70-73H,3-44,46,48-52,54,56-63H2,1-2H3,(H,69,74)/b47-45+,55-53+. The highest BCUT2D eigenvalue weighted by atomic mass is 16.3. The Morgan fingerprint density at radius 1 is 0.324 bits per heavy atom. The first-order valence-electron chi connectivity index (χ1n) is 33.7. The Balaban J connectivity index is 3.59. The van der Waals surface area contributed by atoms with Crippen molar-refractivity contribution in [2.45, 2.75) is 398 Å². The van der Waals surface area contributed by atoms with Crippen molar-refractivity contribution in [3.63, 3.8) is 0 Å². The molecule has 5 N–H and O–H groups in total. The van der Waals surface area contributed by atoms with Crippen LogP contribution in [0, 0.1) is 0 Å². The molecule has 4 unspecified atom stereocenters. The van der Waals surface area contributed by atoms with Crippen LogP contribution in [0.15, 0.2) is 24.3 Å². The predicted molar refractivity (Wildman–Crippen MR) is 325 cm³/mol. The molecule has 0 rings (SSSR count). The van der Waals surface area contributed by atoms with Crippen LogP contribution in [0.2, 0.25) is 0 Å². The molecule has 6 nitrogen and oxygen atoms in total. The van der Waals surface area contributed by atoms with E-state index in [-0.39, 0.29) is 0 Å². The lowest BCUT2D eigenvalue weighted by Gasteiger charge is -2.27. The molecule has 0 saturated carbocycles. The van der Waals surface area contributed by atoms with Crippen LogP contribution in [0.5, 0.6) is 0 Å². The minimum absolute atomic E-state index is 0.365. The molecule has 0 radical (unpaired) electrons. The summed E-state index contributed by atoms with van der Waals surface area (Å²) in [4.78, 5) is 12.6. The van der Waals surface area contributed by atoms with E-state index in [2.05, 4.69) is 43.5 Å². The summed E-state index contributed by atoms with van der Waals surface area (Å²) < 4.78 is 0. The van der Waals surface area contributed by atoms with Gasteiger partial charge in [-0.2, -0.15) is 0 Å². The quantitative estimate of drug-likeness (QED) is 0.0308. The summed E-state index contributed by atoms with van der Waals surface area (Å²) in [5.41, 5.74) is 0. The number of nitrogens with one attached hydrogen (secondary N) is 1. The van der Waals surface area contributed by atoms with Gasteiger partial charge in [-0.25, -0.2) is 0 Å². The molecule has 440 valence electrons.